The Morgan fingerprint density at radius 3 is 2.45 bits per heavy atom. The zero-order valence-corrected chi connectivity index (χ0v) is 11.7. The maximum atomic E-state index is 11.5. The Bertz CT molecular complexity index is 597. The smallest absolute Gasteiger partial charge is 0.337 e. The summed E-state index contributed by atoms with van der Waals surface area (Å²) in [7, 11) is 1.36. The van der Waals surface area contributed by atoms with Gasteiger partial charge in [0.25, 0.3) is 0 Å². The predicted molar refractivity (Wildman–Crippen MR) is 81.3 cm³/mol. The summed E-state index contributed by atoms with van der Waals surface area (Å²) in [5.41, 5.74) is 9.03. The van der Waals surface area contributed by atoms with Crippen LogP contribution in [0.15, 0.2) is 48.5 Å². The van der Waals surface area contributed by atoms with E-state index in [1.807, 2.05) is 36.4 Å². The minimum Gasteiger partial charge on any atom is -0.465 e. The number of hydrogen-bond donors (Lipinski definition) is 1. The molecule has 0 unspecified atom stereocenters. The third-order valence-corrected chi connectivity index (χ3v) is 3.12. The Kier molecular flexibility index (Phi) is 4.25. The van der Waals surface area contributed by atoms with Crippen LogP contribution in [0.2, 0.25) is 0 Å². The van der Waals surface area contributed by atoms with Crippen molar-refractivity contribution in [3.05, 3.63) is 54.1 Å². The first-order valence-corrected chi connectivity index (χ1v) is 6.47. The van der Waals surface area contributed by atoms with E-state index in [0.29, 0.717) is 11.3 Å². The van der Waals surface area contributed by atoms with Gasteiger partial charge in [-0.05, 0) is 37.3 Å². The van der Waals surface area contributed by atoms with Crippen LogP contribution < -0.4 is 10.6 Å². The van der Waals surface area contributed by atoms with Crippen LogP contribution in [0.3, 0.4) is 0 Å². The van der Waals surface area contributed by atoms with Crippen LogP contribution in [0.4, 0.5) is 17.1 Å². The molecule has 0 radical (unpaired) electrons. The molecule has 0 heterocycles. The quantitative estimate of drug-likeness (QED) is 0.684. The lowest BCUT2D eigenvalue weighted by atomic mass is 10.1. The van der Waals surface area contributed by atoms with E-state index in [9.17, 15) is 4.79 Å². The maximum Gasteiger partial charge on any atom is 0.337 e. The number of rotatable bonds is 4. The first-order chi connectivity index (χ1) is 9.67. The van der Waals surface area contributed by atoms with Gasteiger partial charge in [0.1, 0.15) is 0 Å². The van der Waals surface area contributed by atoms with Crippen LogP contribution in [-0.2, 0) is 4.74 Å². The summed E-state index contributed by atoms with van der Waals surface area (Å²) < 4.78 is 4.69. The van der Waals surface area contributed by atoms with Crippen molar-refractivity contribution in [3.8, 4) is 0 Å². The Labute approximate surface area is 118 Å². The summed E-state index contributed by atoms with van der Waals surface area (Å²) in [5, 5.41) is 0. The van der Waals surface area contributed by atoms with Gasteiger partial charge in [0, 0.05) is 12.2 Å². The Morgan fingerprint density at radius 2 is 1.90 bits per heavy atom. The van der Waals surface area contributed by atoms with Crippen LogP contribution in [0, 0.1) is 0 Å². The molecule has 0 aliphatic rings. The van der Waals surface area contributed by atoms with Gasteiger partial charge in [-0.3, -0.25) is 0 Å². The molecule has 0 spiro atoms. The number of para-hydroxylation sites is 1. The molecular weight excluding hydrogens is 252 g/mol. The van der Waals surface area contributed by atoms with Crippen molar-refractivity contribution in [2.24, 2.45) is 0 Å². The van der Waals surface area contributed by atoms with Crippen LogP contribution in [0.5, 0.6) is 0 Å². The molecule has 2 N–H and O–H groups in total. The average Bonchev–Trinajstić information content (AvgIpc) is 2.49. The SMILES string of the molecule is CCN(c1ccccc1)c1ccc(C(=O)OC)cc1N. The summed E-state index contributed by atoms with van der Waals surface area (Å²) in [4.78, 5) is 13.6. The number of anilines is 3. The van der Waals surface area contributed by atoms with Gasteiger partial charge < -0.3 is 15.4 Å². The lowest BCUT2D eigenvalue weighted by molar-refractivity contribution is 0.0601. The van der Waals surface area contributed by atoms with Crippen LogP contribution in [0.25, 0.3) is 0 Å². The van der Waals surface area contributed by atoms with Crippen LogP contribution in [0.1, 0.15) is 17.3 Å². The van der Waals surface area contributed by atoms with E-state index in [0.717, 1.165) is 17.9 Å². The third kappa shape index (κ3) is 2.74. The molecule has 0 saturated carbocycles. The summed E-state index contributed by atoms with van der Waals surface area (Å²) in [6.07, 6.45) is 0. The Morgan fingerprint density at radius 1 is 1.20 bits per heavy atom. The first-order valence-electron chi connectivity index (χ1n) is 6.47. The molecule has 0 aromatic heterocycles. The number of carbonyl (C=O) groups is 1. The van der Waals surface area contributed by atoms with Gasteiger partial charge in [-0.15, -0.1) is 0 Å². The molecule has 2 aromatic rings. The normalized spacial score (nSPS) is 10.1. The van der Waals surface area contributed by atoms with Gasteiger partial charge >= 0.3 is 5.97 Å². The lowest BCUT2D eigenvalue weighted by Crippen LogP contribution is -2.17. The highest BCUT2D eigenvalue weighted by molar-refractivity contribution is 5.92. The number of hydrogen-bond acceptors (Lipinski definition) is 4. The number of carbonyl (C=O) groups excluding carboxylic acids is 1. The van der Waals surface area contributed by atoms with Crippen molar-refractivity contribution >= 4 is 23.0 Å². The van der Waals surface area contributed by atoms with Crippen molar-refractivity contribution in [1.82, 2.24) is 0 Å². The zero-order chi connectivity index (χ0) is 14.5. The summed E-state index contributed by atoms with van der Waals surface area (Å²) >= 11 is 0. The molecule has 2 rings (SSSR count). The minimum atomic E-state index is -0.383. The highest BCUT2D eigenvalue weighted by atomic mass is 16.5. The van der Waals surface area contributed by atoms with E-state index in [1.54, 1.807) is 12.1 Å². The number of esters is 1. The molecule has 4 nitrogen and oxygen atoms in total. The van der Waals surface area contributed by atoms with Gasteiger partial charge in [0.15, 0.2) is 0 Å². The fourth-order valence-electron chi connectivity index (χ4n) is 2.15. The van der Waals surface area contributed by atoms with Crippen molar-refractivity contribution in [2.45, 2.75) is 6.92 Å². The van der Waals surface area contributed by atoms with E-state index in [-0.39, 0.29) is 5.97 Å². The topological polar surface area (TPSA) is 55.6 Å². The summed E-state index contributed by atoms with van der Waals surface area (Å²) in [6.45, 7) is 2.84. The molecule has 2 aromatic carbocycles. The zero-order valence-electron chi connectivity index (χ0n) is 11.7. The number of benzene rings is 2. The molecule has 0 atom stereocenters. The Hall–Kier alpha value is -2.49. The van der Waals surface area contributed by atoms with Gasteiger partial charge in [-0.1, -0.05) is 18.2 Å². The fraction of sp³-hybridized carbons (Fsp3) is 0.188. The highest BCUT2D eigenvalue weighted by Crippen LogP contribution is 2.30. The largest absolute Gasteiger partial charge is 0.465 e. The van der Waals surface area contributed by atoms with Crippen LogP contribution in [-0.4, -0.2) is 19.6 Å². The third-order valence-electron chi connectivity index (χ3n) is 3.12. The number of nitrogen functional groups attached to an aromatic ring is 1. The first kappa shape index (κ1) is 13.9. The number of ether oxygens (including phenoxy) is 1. The molecule has 0 saturated heterocycles. The second-order valence-electron chi connectivity index (χ2n) is 4.34. The second-order valence-corrected chi connectivity index (χ2v) is 4.34. The van der Waals surface area contributed by atoms with Crippen molar-refractivity contribution in [1.29, 1.82) is 0 Å². The maximum absolute atomic E-state index is 11.5. The second kappa shape index (κ2) is 6.10. The number of nitrogens with zero attached hydrogens (tertiary/aromatic N) is 1. The number of methoxy groups -OCH3 is 1. The molecule has 0 aliphatic carbocycles. The van der Waals surface area contributed by atoms with E-state index < -0.39 is 0 Å². The summed E-state index contributed by atoms with van der Waals surface area (Å²) in [6, 6.07) is 15.2. The van der Waals surface area contributed by atoms with Crippen LogP contribution >= 0.6 is 0 Å². The van der Waals surface area contributed by atoms with Gasteiger partial charge in [-0.2, -0.15) is 0 Å². The predicted octanol–water partition coefficient (Wildman–Crippen LogP) is 3.21. The summed E-state index contributed by atoms with van der Waals surface area (Å²) in [5.74, 6) is -0.383. The molecular formula is C16H18N2O2. The monoisotopic (exact) mass is 270 g/mol. The Balaban J connectivity index is 2.39. The minimum absolute atomic E-state index is 0.383. The lowest BCUT2D eigenvalue weighted by Gasteiger charge is -2.25. The molecule has 104 valence electrons. The standard InChI is InChI=1S/C16H18N2O2/c1-3-18(13-7-5-4-6-8-13)15-10-9-12(11-14(15)17)16(19)20-2/h4-11H,3,17H2,1-2H3. The molecule has 20 heavy (non-hydrogen) atoms. The van der Waals surface area contributed by atoms with Crippen molar-refractivity contribution < 1.29 is 9.53 Å². The fourth-order valence-corrected chi connectivity index (χ4v) is 2.15. The van der Waals surface area contributed by atoms with E-state index >= 15 is 0 Å². The van der Waals surface area contributed by atoms with Crippen molar-refractivity contribution in [3.63, 3.8) is 0 Å². The average molecular weight is 270 g/mol. The molecule has 4 heteroatoms. The van der Waals surface area contributed by atoms with E-state index in [4.69, 9.17) is 10.5 Å². The highest BCUT2D eigenvalue weighted by Gasteiger charge is 2.13. The van der Waals surface area contributed by atoms with E-state index in [2.05, 4.69) is 11.8 Å². The number of nitrogens with two attached hydrogens (primary N) is 1. The van der Waals surface area contributed by atoms with E-state index in [1.165, 1.54) is 7.11 Å². The van der Waals surface area contributed by atoms with Crippen molar-refractivity contribution in [2.75, 3.05) is 24.3 Å². The molecule has 0 bridgehead atoms. The van der Waals surface area contributed by atoms with Gasteiger partial charge in [0.05, 0.1) is 24.0 Å². The molecule has 0 amide bonds. The molecule has 0 aliphatic heterocycles. The van der Waals surface area contributed by atoms with Gasteiger partial charge in [0.2, 0.25) is 0 Å². The van der Waals surface area contributed by atoms with Gasteiger partial charge in [-0.25, -0.2) is 4.79 Å². The molecule has 0 fully saturated rings.